The molecule has 2 aromatic carbocycles. The topological polar surface area (TPSA) is 45.7 Å². The van der Waals surface area contributed by atoms with Gasteiger partial charge < -0.3 is 9.64 Å². The highest BCUT2D eigenvalue weighted by atomic mass is 35.5. The van der Waals surface area contributed by atoms with Gasteiger partial charge >= 0.3 is 0 Å². The van der Waals surface area contributed by atoms with E-state index in [1.807, 2.05) is 62.4 Å². The minimum atomic E-state index is -0.0349. The van der Waals surface area contributed by atoms with E-state index in [9.17, 15) is 4.79 Å². The van der Waals surface area contributed by atoms with E-state index in [1.54, 1.807) is 16.2 Å². The molecule has 1 aromatic heterocycles. The molecule has 0 spiro atoms. The molecule has 5 nitrogen and oxygen atoms in total. The first-order valence-corrected chi connectivity index (χ1v) is 11.0. The quantitative estimate of drug-likeness (QED) is 0.434. The number of ether oxygens (including phenoxy) is 1. The number of hydrogen-bond donors (Lipinski definition) is 0. The number of aromatic nitrogens is 1. The summed E-state index contributed by atoms with van der Waals surface area (Å²) >= 11 is 1.56. The van der Waals surface area contributed by atoms with Crippen molar-refractivity contribution in [3.8, 4) is 5.75 Å². The molecule has 7 heteroatoms. The van der Waals surface area contributed by atoms with Crippen LogP contribution in [0.1, 0.15) is 38.1 Å². The van der Waals surface area contributed by atoms with Gasteiger partial charge in [-0.2, -0.15) is 0 Å². The third kappa shape index (κ3) is 5.94. The molecular weight excluding hydrogens is 418 g/mol. The minimum absolute atomic E-state index is 0. The molecular formula is C23H30ClN3O2S. The number of hydrogen-bond acceptors (Lipinski definition) is 5. The molecule has 0 N–H and O–H groups in total. The number of benzene rings is 2. The van der Waals surface area contributed by atoms with Crippen LogP contribution >= 0.6 is 23.7 Å². The van der Waals surface area contributed by atoms with Crippen molar-refractivity contribution >= 4 is 45.0 Å². The average Bonchev–Trinajstić information content (AvgIpc) is 3.15. The van der Waals surface area contributed by atoms with E-state index in [4.69, 9.17) is 9.72 Å². The van der Waals surface area contributed by atoms with Crippen LogP contribution in [0.5, 0.6) is 5.75 Å². The zero-order valence-corrected chi connectivity index (χ0v) is 19.6. The van der Waals surface area contributed by atoms with E-state index >= 15 is 0 Å². The Bertz CT molecular complexity index is 906. The van der Waals surface area contributed by atoms with Crippen LogP contribution in [0.25, 0.3) is 10.2 Å². The molecule has 0 saturated heterocycles. The zero-order chi connectivity index (χ0) is 20.8. The van der Waals surface area contributed by atoms with Crippen molar-refractivity contribution in [2.45, 2.75) is 33.8 Å². The second-order valence-corrected chi connectivity index (χ2v) is 8.15. The third-order valence-electron chi connectivity index (χ3n) is 4.77. The first-order valence-electron chi connectivity index (χ1n) is 10.2. The summed E-state index contributed by atoms with van der Waals surface area (Å²) in [5.41, 5.74) is 1.56. The van der Waals surface area contributed by atoms with Crippen molar-refractivity contribution in [1.29, 1.82) is 0 Å². The van der Waals surface area contributed by atoms with Crippen LogP contribution in [0.15, 0.2) is 48.5 Å². The van der Waals surface area contributed by atoms with Gasteiger partial charge in [0.05, 0.1) is 16.3 Å². The second-order valence-electron chi connectivity index (χ2n) is 7.14. The molecule has 0 unspecified atom stereocenters. The van der Waals surface area contributed by atoms with Crippen molar-refractivity contribution < 1.29 is 9.53 Å². The van der Waals surface area contributed by atoms with Gasteiger partial charge in [-0.15, -0.1) is 12.4 Å². The number of carbonyl (C=O) groups excluding carboxylic acids is 1. The first kappa shape index (κ1) is 24.1. The number of amides is 1. The molecule has 0 aliphatic rings. The van der Waals surface area contributed by atoms with E-state index in [0.29, 0.717) is 12.1 Å². The molecule has 0 aliphatic carbocycles. The molecule has 162 valence electrons. The number of fused-ring (bicyclic) bond motifs is 1. The van der Waals surface area contributed by atoms with E-state index in [0.717, 1.165) is 40.7 Å². The van der Waals surface area contributed by atoms with E-state index in [-0.39, 0.29) is 24.4 Å². The van der Waals surface area contributed by atoms with Gasteiger partial charge in [-0.1, -0.05) is 37.3 Å². The summed E-state index contributed by atoms with van der Waals surface area (Å²) < 4.78 is 6.79. The Balaban J connectivity index is 0.00000320. The smallest absolute Gasteiger partial charge is 0.260 e. The Hall–Kier alpha value is -2.15. The summed E-state index contributed by atoms with van der Waals surface area (Å²) in [6.07, 6.45) is 0.102. The largest absolute Gasteiger partial charge is 0.491 e. The van der Waals surface area contributed by atoms with Crippen LogP contribution < -0.4 is 9.64 Å². The summed E-state index contributed by atoms with van der Waals surface area (Å²) in [6.45, 7) is 11.6. The number of nitrogens with zero attached hydrogens (tertiary/aromatic N) is 3. The molecule has 0 saturated carbocycles. The summed E-state index contributed by atoms with van der Waals surface area (Å²) in [5, 5.41) is 0.742. The van der Waals surface area contributed by atoms with Gasteiger partial charge in [-0.3, -0.25) is 9.69 Å². The lowest BCUT2D eigenvalue weighted by atomic mass is 10.2. The van der Waals surface area contributed by atoms with Crippen LogP contribution in [-0.2, 0) is 0 Å². The van der Waals surface area contributed by atoms with E-state index < -0.39 is 0 Å². The second kappa shape index (κ2) is 11.3. The Morgan fingerprint density at radius 3 is 2.30 bits per heavy atom. The number of para-hydroxylation sites is 1. The van der Waals surface area contributed by atoms with Gasteiger partial charge in [0.2, 0.25) is 0 Å². The summed E-state index contributed by atoms with van der Waals surface area (Å²) in [7, 11) is 0. The zero-order valence-electron chi connectivity index (χ0n) is 18.0. The highest BCUT2D eigenvalue weighted by Crippen LogP contribution is 2.29. The van der Waals surface area contributed by atoms with Gasteiger partial charge in [0, 0.05) is 18.7 Å². The molecule has 1 heterocycles. The Labute approximate surface area is 189 Å². The third-order valence-corrected chi connectivity index (χ3v) is 5.83. The molecule has 0 fully saturated rings. The van der Waals surface area contributed by atoms with Crippen molar-refractivity contribution in [2.24, 2.45) is 0 Å². The molecule has 3 aromatic rings. The highest BCUT2D eigenvalue weighted by Gasteiger charge is 2.22. The average molecular weight is 448 g/mol. The monoisotopic (exact) mass is 447 g/mol. The summed E-state index contributed by atoms with van der Waals surface area (Å²) in [5.74, 6) is 0.735. The van der Waals surface area contributed by atoms with Crippen LogP contribution in [0, 0.1) is 0 Å². The molecule has 30 heavy (non-hydrogen) atoms. The molecule has 0 bridgehead atoms. The molecule has 0 aliphatic heterocycles. The van der Waals surface area contributed by atoms with Gasteiger partial charge in [0.15, 0.2) is 5.13 Å². The first-order chi connectivity index (χ1) is 14.0. The van der Waals surface area contributed by atoms with Crippen LogP contribution in [0.2, 0.25) is 0 Å². The number of rotatable bonds is 9. The fourth-order valence-electron chi connectivity index (χ4n) is 3.14. The summed E-state index contributed by atoms with van der Waals surface area (Å²) in [6, 6.07) is 15.4. The highest BCUT2D eigenvalue weighted by molar-refractivity contribution is 7.22. The Morgan fingerprint density at radius 1 is 1.03 bits per heavy atom. The van der Waals surface area contributed by atoms with Crippen LogP contribution in [-0.4, -0.2) is 48.1 Å². The normalized spacial score (nSPS) is 11.0. The van der Waals surface area contributed by atoms with E-state index in [2.05, 4.69) is 18.7 Å². The lowest BCUT2D eigenvalue weighted by molar-refractivity contribution is 0.0983. The predicted octanol–water partition coefficient (Wildman–Crippen LogP) is 5.49. The van der Waals surface area contributed by atoms with Crippen molar-refractivity contribution in [2.75, 3.05) is 31.1 Å². The molecule has 0 radical (unpaired) electrons. The fourth-order valence-corrected chi connectivity index (χ4v) is 4.13. The predicted molar refractivity (Wildman–Crippen MR) is 129 cm³/mol. The van der Waals surface area contributed by atoms with Crippen molar-refractivity contribution in [1.82, 2.24) is 9.88 Å². The molecule has 0 atom stereocenters. The Morgan fingerprint density at radius 2 is 1.70 bits per heavy atom. The SMILES string of the molecule is CCN(CC)CCN(C(=O)c1ccc(OC(C)C)cc1)c1nc2ccccc2s1.Cl. The number of anilines is 1. The summed E-state index contributed by atoms with van der Waals surface area (Å²) in [4.78, 5) is 22.2. The number of carbonyl (C=O) groups is 1. The number of likely N-dealkylation sites (N-methyl/N-ethyl adjacent to an activating group) is 1. The van der Waals surface area contributed by atoms with Gasteiger partial charge in [0.1, 0.15) is 5.75 Å². The number of halogens is 1. The maximum Gasteiger partial charge on any atom is 0.260 e. The van der Waals surface area contributed by atoms with E-state index in [1.165, 1.54) is 0 Å². The molecule has 3 rings (SSSR count). The van der Waals surface area contributed by atoms with Crippen molar-refractivity contribution in [3.63, 3.8) is 0 Å². The van der Waals surface area contributed by atoms with Crippen LogP contribution in [0.3, 0.4) is 0 Å². The van der Waals surface area contributed by atoms with Gasteiger partial charge in [-0.25, -0.2) is 4.98 Å². The van der Waals surface area contributed by atoms with Gasteiger partial charge in [0.25, 0.3) is 5.91 Å². The number of thiazole rings is 1. The van der Waals surface area contributed by atoms with Crippen LogP contribution in [0.4, 0.5) is 5.13 Å². The lowest BCUT2D eigenvalue weighted by Gasteiger charge is -2.24. The minimum Gasteiger partial charge on any atom is -0.491 e. The fraction of sp³-hybridized carbons (Fsp3) is 0.391. The van der Waals surface area contributed by atoms with Gasteiger partial charge in [-0.05, 0) is 63.3 Å². The van der Waals surface area contributed by atoms with Crippen molar-refractivity contribution in [3.05, 3.63) is 54.1 Å². The maximum atomic E-state index is 13.4. The molecule has 1 amide bonds. The Kier molecular flexibility index (Phi) is 9.08. The standard InChI is InChI=1S/C23H29N3O2S.ClH/c1-5-25(6-2)15-16-26(23-24-20-9-7-8-10-21(20)29-23)22(27)18-11-13-19(14-12-18)28-17(3)4;/h7-14,17H,5-6,15-16H2,1-4H3;1H. The lowest BCUT2D eigenvalue weighted by Crippen LogP contribution is -2.38. The maximum absolute atomic E-state index is 13.4.